The van der Waals surface area contributed by atoms with Gasteiger partial charge in [0.2, 0.25) is 5.82 Å². The largest absolute Gasteiger partial charge is 0.333 e. The summed E-state index contributed by atoms with van der Waals surface area (Å²) in [6, 6.07) is 3.46. The van der Waals surface area contributed by atoms with Gasteiger partial charge in [-0.3, -0.25) is 4.98 Å². The molecule has 0 aliphatic heterocycles. The summed E-state index contributed by atoms with van der Waals surface area (Å²) in [5, 5.41) is 5.32. The standard InChI is InChI=1S/C12H10ClN5OS/c1-6-10(20-9(4-14)16-6)12-17-11(18-19-12)8-3-2-7(13)5-15-8/h2-3,5H,4,14H2,1H3. The van der Waals surface area contributed by atoms with Crippen molar-refractivity contribution in [2.45, 2.75) is 13.5 Å². The van der Waals surface area contributed by atoms with Crippen molar-refractivity contribution in [2.24, 2.45) is 5.73 Å². The average Bonchev–Trinajstić information content (AvgIpc) is 3.06. The Hall–Kier alpha value is -1.83. The zero-order valence-corrected chi connectivity index (χ0v) is 12.1. The molecule has 0 spiro atoms. The second kappa shape index (κ2) is 5.28. The molecule has 102 valence electrons. The van der Waals surface area contributed by atoms with E-state index in [2.05, 4.69) is 20.1 Å². The molecule has 3 heterocycles. The predicted molar refractivity (Wildman–Crippen MR) is 76.3 cm³/mol. The van der Waals surface area contributed by atoms with Gasteiger partial charge >= 0.3 is 0 Å². The van der Waals surface area contributed by atoms with E-state index in [1.54, 1.807) is 12.1 Å². The van der Waals surface area contributed by atoms with E-state index < -0.39 is 0 Å². The van der Waals surface area contributed by atoms with E-state index in [4.69, 9.17) is 21.9 Å². The second-order valence-electron chi connectivity index (χ2n) is 4.01. The van der Waals surface area contributed by atoms with Crippen molar-refractivity contribution in [3.63, 3.8) is 0 Å². The van der Waals surface area contributed by atoms with Crippen molar-refractivity contribution >= 4 is 22.9 Å². The third-order valence-corrected chi connectivity index (χ3v) is 3.98. The molecule has 0 unspecified atom stereocenters. The Labute approximate surface area is 123 Å². The topological polar surface area (TPSA) is 90.7 Å². The molecule has 0 fully saturated rings. The number of aromatic nitrogens is 4. The van der Waals surface area contributed by atoms with Gasteiger partial charge in [0.1, 0.15) is 15.6 Å². The minimum Gasteiger partial charge on any atom is -0.333 e. The lowest BCUT2D eigenvalue weighted by Crippen LogP contribution is -1.94. The molecule has 0 bridgehead atoms. The lowest BCUT2D eigenvalue weighted by Gasteiger charge is -1.92. The predicted octanol–water partition coefficient (Wildman–Crippen LogP) is 2.68. The molecule has 8 heteroatoms. The Kier molecular flexibility index (Phi) is 3.47. The van der Waals surface area contributed by atoms with Crippen molar-refractivity contribution in [1.29, 1.82) is 0 Å². The Balaban J connectivity index is 1.97. The van der Waals surface area contributed by atoms with Gasteiger partial charge in [-0.15, -0.1) is 11.3 Å². The van der Waals surface area contributed by atoms with Crippen LogP contribution in [-0.4, -0.2) is 20.1 Å². The monoisotopic (exact) mass is 307 g/mol. The molecule has 0 atom stereocenters. The van der Waals surface area contributed by atoms with Crippen molar-refractivity contribution in [1.82, 2.24) is 20.1 Å². The van der Waals surface area contributed by atoms with Crippen molar-refractivity contribution in [2.75, 3.05) is 0 Å². The molecule has 20 heavy (non-hydrogen) atoms. The van der Waals surface area contributed by atoms with Crippen LogP contribution in [0.25, 0.3) is 22.3 Å². The second-order valence-corrected chi connectivity index (χ2v) is 5.53. The maximum atomic E-state index is 5.79. The number of nitrogens with zero attached hydrogens (tertiary/aromatic N) is 4. The third kappa shape index (κ3) is 2.43. The summed E-state index contributed by atoms with van der Waals surface area (Å²) in [6.45, 7) is 2.28. The summed E-state index contributed by atoms with van der Waals surface area (Å²) in [5.41, 5.74) is 7.01. The molecule has 0 aliphatic rings. The van der Waals surface area contributed by atoms with E-state index in [9.17, 15) is 0 Å². The first-order chi connectivity index (χ1) is 9.67. The average molecular weight is 308 g/mol. The van der Waals surface area contributed by atoms with Crippen LogP contribution in [0.15, 0.2) is 22.9 Å². The van der Waals surface area contributed by atoms with Crippen LogP contribution in [0.3, 0.4) is 0 Å². The molecular formula is C12H10ClN5OS. The van der Waals surface area contributed by atoms with Gasteiger partial charge in [0, 0.05) is 12.7 Å². The first-order valence-electron chi connectivity index (χ1n) is 5.79. The highest BCUT2D eigenvalue weighted by molar-refractivity contribution is 7.15. The van der Waals surface area contributed by atoms with E-state index in [1.165, 1.54) is 17.5 Å². The molecule has 0 saturated carbocycles. The van der Waals surface area contributed by atoms with Gasteiger partial charge in [-0.05, 0) is 19.1 Å². The molecule has 3 aromatic heterocycles. The Morgan fingerprint density at radius 2 is 2.20 bits per heavy atom. The first-order valence-corrected chi connectivity index (χ1v) is 6.99. The molecule has 6 nitrogen and oxygen atoms in total. The number of rotatable bonds is 3. The molecule has 0 radical (unpaired) electrons. The maximum absolute atomic E-state index is 5.79. The molecule has 0 aliphatic carbocycles. The molecule has 3 aromatic rings. The van der Waals surface area contributed by atoms with Crippen LogP contribution >= 0.6 is 22.9 Å². The fourth-order valence-corrected chi connectivity index (χ4v) is 2.64. The zero-order chi connectivity index (χ0) is 14.1. The lowest BCUT2D eigenvalue weighted by molar-refractivity contribution is 0.432. The molecule has 0 saturated heterocycles. The molecule has 0 amide bonds. The number of halogens is 1. The van der Waals surface area contributed by atoms with Crippen LogP contribution in [0.1, 0.15) is 10.7 Å². The Morgan fingerprint density at radius 1 is 1.35 bits per heavy atom. The molecule has 0 aromatic carbocycles. The SMILES string of the molecule is Cc1nc(CN)sc1-c1nc(-c2ccc(Cl)cn2)no1. The minimum atomic E-state index is 0.394. The van der Waals surface area contributed by atoms with E-state index in [-0.39, 0.29) is 0 Å². The van der Waals surface area contributed by atoms with Crippen LogP contribution in [-0.2, 0) is 6.54 Å². The van der Waals surface area contributed by atoms with Crippen LogP contribution in [0.5, 0.6) is 0 Å². The number of aryl methyl sites for hydroxylation is 1. The third-order valence-electron chi connectivity index (χ3n) is 2.59. The van der Waals surface area contributed by atoms with E-state index in [0.29, 0.717) is 29.0 Å². The molecule has 2 N–H and O–H groups in total. The van der Waals surface area contributed by atoms with Crippen LogP contribution in [0.2, 0.25) is 5.02 Å². The van der Waals surface area contributed by atoms with Crippen LogP contribution in [0, 0.1) is 6.92 Å². The number of pyridine rings is 1. The van der Waals surface area contributed by atoms with Gasteiger partial charge in [-0.2, -0.15) is 4.98 Å². The van der Waals surface area contributed by atoms with E-state index in [1.807, 2.05) is 6.92 Å². The number of hydrogen-bond donors (Lipinski definition) is 1. The number of hydrogen-bond acceptors (Lipinski definition) is 7. The van der Waals surface area contributed by atoms with Gasteiger partial charge in [0.05, 0.1) is 10.7 Å². The van der Waals surface area contributed by atoms with Crippen molar-refractivity contribution in [3.8, 4) is 22.3 Å². The van der Waals surface area contributed by atoms with E-state index in [0.717, 1.165) is 15.6 Å². The summed E-state index contributed by atoms with van der Waals surface area (Å²) < 4.78 is 5.27. The highest BCUT2D eigenvalue weighted by Crippen LogP contribution is 2.29. The first kappa shape index (κ1) is 13.2. The maximum Gasteiger partial charge on any atom is 0.270 e. The summed E-state index contributed by atoms with van der Waals surface area (Å²) in [6.07, 6.45) is 1.54. The number of nitrogens with two attached hydrogens (primary N) is 1. The van der Waals surface area contributed by atoms with Gasteiger partial charge in [-0.1, -0.05) is 16.8 Å². The Morgan fingerprint density at radius 3 is 2.85 bits per heavy atom. The lowest BCUT2D eigenvalue weighted by atomic mass is 10.3. The van der Waals surface area contributed by atoms with Crippen molar-refractivity contribution < 1.29 is 4.52 Å². The fraction of sp³-hybridized carbons (Fsp3) is 0.167. The molecule has 3 rings (SSSR count). The zero-order valence-electron chi connectivity index (χ0n) is 10.5. The minimum absolute atomic E-state index is 0.394. The number of thiazole rings is 1. The quantitative estimate of drug-likeness (QED) is 0.800. The Bertz CT molecular complexity index is 737. The van der Waals surface area contributed by atoms with Gasteiger partial charge in [-0.25, -0.2) is 4.98 Å². The fourth-order valence-electron chi connectivity index (χ4n) is 1.67. The summed E-state index contributed by atoms with van der Waals surface area (Å²) >= 11 is 7.24. The van der Waals surface area contributed by atoms with E-state index >= 15 is 0 Å². The van der Waals surface area contributed by atoms with Gasteiger partial charge in [0.15, 0.2) is 0 Å². The highest BCUT2D eigenvalue weighted by Gasteiger charge is 2.17. The summed E-state index contributed by atoms with van der Waals surface area (Å²) in [7, 11) is 0. The van der Waals surface area contributed by atoms with Crippen LogP contribution < -0.4 is 5.73 Å². The van der Waals surface area contributed by atoms with Gasteiger partial charge < -0.3 is 10.3 Å². The highest BCUT2D eigenvalue weighted by atomic mass is 35.5. The van der Waals surface area contributed by atoms with Crippen molar-refractivity contribution in [3.05, 3.63) is 34.1 Å². The van der Waals surface area contributed by atoms with Crippen LogP contribution in [0.4, 0.5) is 0 Å². The summed E-state index contributed by atoms with van der Waals surface area (Å²) in [5.74, 6) is 0.838. The van der Waals surface area contributed by atoms with Gasteiger partial charge in [0.25, 0.3) is 5.89 Å². The normalized spacial score (nSPS) is 10.9. The smallest absolute Gasteiger partial charge is 0.270 e. The summed E-state index contributed by atoms with van der Waals surface area (Å²) in [4.78, 5) is 13.6. The molecular weight excluding hydrogens is 298 g/mol.